The van der Waals surface area contributed by atoms with E-state index in [1.807, 2.05) is 0 Å². The highest BCUT2D eigenvalue weighted by Gasteiger charge is 2.61. The van der Waals surface area contributed by atoms with Crippen LogP contribution in [0.15, 0.2) is 18.2 Å². The zero-order valence-corrected chi connectivity index (χ0v) is 14.1. The lowest BCUT2D eigenvalue weighted by atomic mass is 9.90. The second-order valence-corrected chi connectivity index (χ2v) is 9.00. The van der Waals surface area contributed by atoms with Crippen molar-refractivity contribution < 1.29 is 48.0 Å². The molecule has 0 bridgehead atoms. The van der Waals surface area contributed by atoms with E-state index in [9.17, 15) is 48.0 Å². The van der Waals surface area contributed by atoms with E-state index in [2.05, 4.69) is 0 Å². The molecule has 1 aliphatic carbocycles. The lowest BCUT2D eigenvalue weighted by Crippen LogP contribution is -2.49. The van der Waals surface area contributed by atoms with Crippen molar-refractivity contribution in [3.05, 3.63) is 29.3 Å². The second kappa shape index (κ2) is 6.11. The number of carbonyl (C=O) groups is 1. The number of rotatable bonds is 3. The summed E-state index contributed by atoms with van der Waals surface area (Å²) in [6.07, 6.45) is 0.602. The fourth-order valence-electron chi connectivity index (χ4n) is 2.32. The van der Waals surface area contributed by atoms with E-state index < -0.39 is 46.2 Å². The van der Waals surface area contributed by atoms with Crippen LogP contribution in [0.4, 0.5) is 32.0 Å². The van der Waals surface area contributed by atoms with Crippen LogP contribution in [-0.4, -0.2) is 33.6 Å². The number of fused-ring (bicyclic) bond motifs is 1. The molecule has 0 fully saturated rings. The molecule has 0 saturated carbocycles. The highest BCUT2D eigenvalue weighted by Crippen LogP contribution is 2.39. The van der Waals surface area contributed by atoms with Crippen molar-refractivity contribution in [1.29, 1.82) is 0 Å². The van der Waals surface area contributed by atoms with E-state index in [4.69, 9.17) is 0 Å². The Morgan fingerprint density at radius 3 is 1.81 bits per heavy atom. The normalized spacial score (nSPS) is 16.3. The SMILES string of the molecule is O=C1CCCc2ccc(N(S(=O)(=O)C(F)(F)F)S(=O)(=O)C(F)(F)F)cc21. The fraction of sp³-hybridized carbons (Fsp3) is 0.417. The molecule has 0 aromatic heterocycles. The summed E-state index contributed by atoms with van der Waals surface area (Å²) < 4.78 is 121. The van der Waals surface area contributed by atoms with Crippen LogP contribution in [0.25, 0.3) is 0 Å². The summed E-state index contributed by atoms with van der Waals surface area (Å²) in [6, 6.07) is 1.81. The van der Waals surface area contributed by atoms with E-state index in [0.29, 0.717) is 18.6 Å². The van der Waals surface area contributed by atoms with E-state index in [0.717, 1.165) is 6.07 Å². The first-order chi connectivity index (χ1) is 11.6. The summed E-state index contributed by atoms with van der Waals surface area (Å²) in [5.41, 5.74) is -14.2. The number of hydrogen-bond donors (Lipinski definition) is 0. The van der Waals surface area contributed by atoms with Gasteiger partial charge in [0.05, 0.1) is 5.69 Å². The minimum Gasteiger partial charge on any atom is -0.294 e. The molecule has 146 valence electrons. The number of anilines is 1. The Morgan fingerprint density at radius 1 is 0.846 bits per heavy atom. The van der Waals surface area contributed by atoms with E-state index in [1.165, 1.54) is 0 Å². The van der Waals surface area contributed by atoms with Crippen molar-refractivity contribution in [2.75, 3.05) is 3.71 Å². The van der Waals surface area contributed by atoms with E-state index in [-0.39, 0.29) is 24.0 Å². The van der Waals surface area contributed by atoms with Crippen LogP contribution in [0.3, 0.4) is 0 Å². The van der Waals surface area contributed by atoms with Gasteiger partial charge in [-0.1, -0.05) is 6.07 Å². The quantitative estimate of drug-likeness (QED) is 0.695. The van der Waals surface area contributed by atoms with Crippen LogP contribution in [0.5, 0.6) is 0 Å². The number of nitrogens with zero attached hydrogens (tertiary/aromatic N) is 1. The van der Waals surface area contributed by atoms with Gasteiger partial charge in [0.25, 0.3) is 0 Å². The van der Waals surface area contributed by atoms with Crippen molar-refractivity contribution >= 4 is 31.5 Å². The predicted octanol–water partition coefficient (Wildman–Crippen LogP) is 2.71. The molecule has 0 spiro atoms. The Kier molecular flexibility index (Phi) is 4.81. The summed E-state index contributed by atoms with van der Waals surface area (Å²) in [5, 5.41) is 0. The molecular formula is C12H9F6NO5S2. The summed E-state index contributed by atoms with van der Waals surface area (Å²) in [5.74, 6) is -0.651. The largest absolute Gasteiger partial charge is 0.517 e. The highest BCUT2D eigenvalue weighted by atomic mass is 32.3. The average molecular weight is 425 g/mol. The van der Waals surface area contributed by atoms with Crippen LogP contribution < -0.4 is 3.71 Å². The lowest BCUT2D eigenvalue weighted by molar-refractivity contribution is -0.0462. The molecule has 0 heterocycles. The molecule has 0 aliphatic heterocycles. The first kappa shape index (κ1) is 20.5. The monoisotopic (exact) mass is 425 g/mol. The second-order valence-electron chi connectivity index (χ2n) is 5.22. The number of Topliss-reactive ketones (excluding diaryl/α,β-unsaturated/α-hetero) is 1. The molecule has 0 amide bonds. The maximum absolute atomic E-state index is 12.8. The molecule has 0 atom stereocenters. The number of ketones is 1. The molecule has 14 heteroatoms. The summed E-state index contributed by atoms with van der Waals surface area (Å²) in [7, 11) is -13.9. The van der Waals surface area contributed by atoms with Gasteiger partial charge < -0.3 is 0 Å². The zero-order chi connectivity index (χ0) is 20.1. The van der Waals surface area contributed by atoms with Crippen LogP contribution in [-0.2, 0) is 26.5 Å². The van der Waals surface area contributed by atoms with Gasteiger partial charge in [-0.25, -0.2) is 0 Å². The smallest absolute Gasteiger partial charge is 0.294 e. The Balaban J connectivity index is 2.79. The maximum Gasteiger partial charge on any atom is 0.517 e. The zero-order valence-electron chi connectivity index (χ0n) is 12.4. The van der Waals surface area contributed by atoms with Gasteiger partial charge in [-0.15, -0.1) is 3.71 Å². The first-order valence-corrected chi connectivity index (χ1v) is 9.58. The van der Waals surface area contributed by atoms with Crippen molar-refractivity contribution in [1.82, 2.24) is 0 Å². The molecule has 1 aromatic rings. The number of carbonyl (C=O) groups excluding carboxylic acids is 1. The molecule has 0 N–H and O–H groups in total. The summed E-state index contributed by atoms with van der Waals surface area (Å²) >= 11 is 0. The first-order valence-electron chi connectivity index (χ1n) is 6.70. The van der Waals surface area contributed by atoms with Gasteiger partial charge in [0, 0.05) is 12.0 Å². The Hall–Kier alpha value is -1.83. The number of hydrogen-bond acceptors (Lipinski definition) is 5. The molecule has 0 unspecified atom stereocenters. The average Bonchev–Trinajstić information content (AvgIpc) is 2.45. The van der Waals surface area contributed by atoms with Gasteiger partial charge in [-0.2, -0.15) is 43.2 Å². The molecule has 0 saturated heterocycles. The van der Waals surface area contributed by atoms with Gasteiger partial charge in [0.2, 0.25) is 0 Å². The molecule has 2 rings (SSSR count). The van der Waals surface area contributed by atoms with Crippen molar-refractivity contribution in [3.63, 3.8) is 0 Å². The lowest BCUT2D eigenvalue weighted by Gasteiger charge is -2.26. The Morgan fingerprint density at radius 2 is 1.35 bits per heavy atom. The summed E-state index contributed by atoms with van der Waals surface area (Å²) in [4.78, 5) is 11.8. The molecule has 0 radical (unpaired) electrons. The molecular weight excluding hydrogens is 416 g/mol. The van der Waals surface area contributed by atoms with Crippen molar-refractivity contribution in [2.45, 2.75) is 30.3 Å². The molecule has 26 heavy (non-hydrogen) atoms. The topological polar surface area (TPSA) is 88.6 Å². The van der Waals surface area contributed by atoms with Crippen LogP contribution >= 0.6 is 0 Å². The van der Waals surface area contributed by atoms with Crippen LogP contribution in [0.1, 0.15) is 28.8 Å². The van der Waals surface area contributed by atoms with Gasteiger partial charge in [0.15, 0.2) is 5.78 Å². The van der Waals surface area contributed by atoms with E-state index >= 15 is 0 Å². The predicted molar refractivity (Wildman–Crippen MR) is 76.1 cm³/mol. The Labute approximate surface area is 143 Å². The number of halogens is 6. The maximum atomic E-state index is 12.8. The molecule has 1 aliphatic rings. The third kappa shape index (κ3) is 3.26. The van der Waals surface area contributed by atoms with E-state index in [1.54, 1.807) is 0 Å². The number of sulfonamides is 2. The third-order valence-electron chi connectivity index (χ3n) is 3.48. The van der Waals surface area contributed by atoms with Crippen LogP contribution in [0.2, 0.25) is 0 Å². The number of aryl methyl sites for hydroxylation is 1. The minimum atomic E-state index is -6.96. The van der Waals surface area contributed by atoms with Gasteiger partial charge >= 0.3 is 31.1 Å². The molecule has 1 aromatic carbocycles. The number of alkyl halides is 6. The number of benzene rings is 1. The highest BCUT2D eigenvalue weighted by molar-refractivity contribution is 8.11. The van der Waals surface area contributed by atoms with Gasteiger partial charge in [-0.3, -0.25) is 4.79 Å². The fourth-order valence-corrected chi connectivity index (χ4v) is 5.02. The standard InChI is InChI=1S/C12H9F6NO5S2/c13-11(14,15)25(21,22)19(26(23,24)12(16,17)18)8-5-4-7-2-1-3-10(20)9(7)6-8/h4-6H,1-3H2. The molecule has 6 nitrogen and oxygen atoms in total. The third-order valence-corrected chi connectivity index (χ3v) is 7.12. The van der Waals surface area contributed by atoms with Gasteiger partial charge in [-0.05, 0) is 30.5 Å². The van der Waals surface area contributed by atoms with Crippen LogP contribution in [0, 0.1) is 0 Å². The Bertz CT molecular complexity index is 905. The minimum absolute atomic E-state index is 0.0610. The van der Waals surface area contributed by atoms with Gasteiger partial charge in [0.1, 0.15) is 0 Å². The summed E-state index contributed by atoms with van der Waals surface area (Å²) in [6.45, 7) is 0. The van der Waals surface area contributed by atoms with Crippen molar-refractivity contribution in [3.8, 4) is 0 Å². The van der Waals surface area contributed by atoms with Crippen molar-refractivity contribution in [2.24, 2.45) is 0 Å².